The molecule has 0 radical (unpaired) electrons. The number of sulfonamides is 1. The second kappa shape index (κ2) is 7.04. The summed E-state index contributed by atoms with van der Waals surface area (Å²) in [5.74, 6) is -1.54. The van der Waals surface area contributed by atoms with Crippen LogP contribution in [0.5, 0.6) is 5.75 Å². The van der Waals surface area contributed by atoms with Crippen LogP contribution in [-0.4, -0.2) is 46.1 Å². The molecule has 0 bridgehead atoms. The van der Waals surface area contributed by atoms with E-state index in [1.807, 2.05) is 0 Å². The highest BCUT2D eigenvalue weighted by Crippen LogP contribution is 2.22. The van der Waals surface area contributed by atoms with Gasteiger partial charge in [0.15, 0.2) is 0 Å². The first-order chi connectivity index (χ1) is 9.81. The molecule has 0 atom stereocenters. The van der Waals surface area contributed by atoms with Crippen LogP contribution in [0.1, 0.15) is 16.8 Å². The maximum Gasteiger partial charge on any atom is 0.339 e. The topological polar surface area (TPSA) is 122 Å². The van der Waals surface area contributed by atoms with Crippen molar-refractivity contribution in [3.63, 3.8) is 0 Å². The number of carboxylic acids is 1. The van der Waals surface area contributed by atoms with Gasteiger partial charge in [-0.1, -0.05) is 0 Å². The monoisotopic (exact) mass is 316 g/mol. The third-order valence-electron chi connectivity index (χ3n) is 2.63. The summed E-state index contributed by atoms with van der Waals surface area (Å²) in [4.78, 5) is 21.9. The van der Waals surface area contributed by atoms with Crippen molar-refractivity contribution in [3.05, 3.63) is 23.8 Å². The van der Waals surface area contributed by atoms with Crippen LogP contribution in [0.15, 0.2) is 23.1 Å². The van der Waals surface area contributed by atoms with Gasteiger partial charge in [0.25, 0.3) is 0 Å². The molecule has 3 N–H and O–H groups in total. The molecule has 1 aromatic carbocycles. The maximum absolute atomic E-state index is 12.0. The average Bonchev–Trinajstić information content (AvgIpc) is 2.45. The third-order valence-corrected chi connectivity index (χ3v) is 4.09. The van der Waals surface area contributed by atoms with Crippen LogP contribution < -0.4 is 14.8 Å². The molecule has 1 rings (SSSR count). The number of hydrogen-bond donors (Lipinski definition) is 3. The fourth-order valence-corrected chi connectivity index (χ4v) is 2.59. The minimum Gasteiger partial charge on any atom is -0.496 e. The summed E-state index contributed by atoms with van der Waals surface area (Å²) in [6.07, 6.45) is -0.0162. The Morgan fingerprint density at radius 3 is 2.52 bits per heavy atom. The zero-order valence-corrected chi connectivity index (χ0v) is 12.4. The van der Waals surface area contributed by atoms with E-state index < -0.39 is 16.0 Å². The van der Waals surface area contributed by atoms with Crippen molar-refractivity contribution in [2.24, 2.45) is 0 Å². The fourth-order valence-electron chi connectivity index (χ4n) is 1.53. The molecule has 0 aromatic heterocycles. The highest BCUT2D eigenvalue weighted by molar-refractivity contribution is 7.89. The molecule has 0 aliphatic carbocycles. The Kier molecular flexibility index (Phi) is 5.68. The van der Waals surface area contributed by atoms with Gasteiger partial charge in [-0.2, -0.15) is 0 Å². The number of aromatic carboxylic acids is 1. The highest BCUT2D eigenvalue weighted by Gasteiger charge is 2.19. The van der Waals surface area contributed by atoms with E-state index in [1.54, 1.807) is 0 Å². The van der Waals surface area contributed by atoms with Crippen LogP contribution in [0.4, 0.5) is 0 Å². The fraction of sp³-hybridized carbons (Fsp3) is 0.333. The quantitative estimate of drug-likeness (QED) is 0.641. The number of methoxy groups -OCH3 is 1. The van der Waals surface area contributed by atoms with Crippen LogP contribution in [0.2, 0.25) is 0 Å². The predicted octanol–water partition coefficient (Wildman–Crippen LogP) is -0.192. The minimum atomic E-state index is -3.89. The molecule has 21 heavy (non-hydrogen) atoms. The smallest absolute Gasteiger partial charge is 0.339 e. The molecular weight excluding hydrogens is 300 g/mol. The van der Waals surface area contributed by atoms with Crippen molar-refractivity contribution >= 4 is 21.9 Å². The number of benzene rings is 1. The second-order valence-electron chi connectivity index (χ2n) is 3.99. The van der Waals surface area contributed by atoms with Gasteiger partial charge >= 0.3 is 5.97 Å². The molecule has 1 amide bonds. The van der Waals surface area contributed by atoms with Gasteiger partial charge in [-0.25, -0.2) is 17.9 Å². The molecule has 9 heteroatoms. The number of carbonyl (C=O) groups excluding carboxylic acids is 1. The van der Waals surface area contributed by atoms with Crippen molar-refractivity contribution < 1.29 is 27.9 Å². The summed E-state index contributed by atoms with van der Waals surface area (Å²) in [5.41, 5.74) is -0.258. The van der Waals surface area contributed by atoms with Gasteiger partial charge in [0.2, 0.25) is 15.9 Å². The zero-order chi connectivity index (χ0) is 16.0. The lowest BCUT2D eigenvalue weighted by molar-refractivity contribution is -0.120. The van der Waals surface area contributed by atoms with Crippen LogP contribution in [0.25, 0.3) is 0 Å². The molecule has 0 saturated heterocycles. The lowest BCUT2D eigenvalue weighted by Gasteiger charge is -2.09. The first kappa shape index (κ1) is 16.9. The Balaban J connectivity index is 2.96. The summed E-state index contributed by atoms with van der Waals surface area (Å²) in [7, 11) is -1.16. The number of nitrogens with one attached hydrogen (secondary N) is 2. The van der Waals surface area contributed by atoms with Crippen molar-refractivity contribution in [1.82, 2.24) is 10.0 Å². The van der Waals surface area contributed by atoms with E-state index in [9.17, 15) is 18.0 Å². The maximum atomic E-state index is 12.0. The van der Waals surface area contributed by atoms with E-state index in [1.165, 1.54) is 26.3 Å². The van der Waals surface area contributed by atoms with Crippen LogP contribution in [-0.2, 0) is 14.8 Å². The molecular formula is C12H16N2O6S. The lowest BCUT2D eigenvalue weighted by Crippen LogP contribution is -2.29. The van der Waals surface area contributed by atoms with Gasteiger partial charge in [0, 0.05) is 20.0 Å². The average molecular weight is 316 g/mol. The summed E-state index contributed by atoms with van der Waals surface area (Å²) >= 11 is 0. The van der Waals surface area contributed by atoms with Gasteiger partial charge in [0.1, 0.15) is 11.3 Å². The van der Waals surface area contributed by atoms with Crippen molar-refractivity contribution in [2.75, 3.05) is 20.7 Å². The van der Waals surface area contributed by atoms with E-state index in [0.717, 1.165) is 6.07 Å². The Labute approximate surface area is 122 Å². The molecule has 0 heterocycles. The summed E-state index contributed by atoms with van der Waals surface area (Å²) in [6.45, 7) is -0.0869. The molecule has 0 aliphatic rings. The number of carbonyl (C=O) groups is 2. The number of rotatable bonds is 7. The van der Waals surface area contributed by atoms with E-state index in [4.69, 9.17) is 9.84 Å². The first-order valence-corrected chi connectivity index (χ1v) is 7.41. The molecule has 1 aromatic rings. The Morgan fingerprint density at radius 1 is 1.33 bits per heavy atom. The number of carboxylic acid groups (broad SMARTS) is 1. The lowest BCUT2D eigenvalue weighted by atomic mass is 10.2. The van der Waals surface area contributed by atoms with Crippen molar-refractivity contribution in [3.8, 4) is 5.75 Å². The van der Waals surface area contributed by atoms with Crippen LogP contribution in [0.3, 0.4) is 0 Å². The van der Waals surface area contributed by atoms with E-state index >= 15 is 0 Å². The van der Waals surface area contributed by atoms with E-state index in [-0.39, 0.29) is 35.1 Å². The Hall–Kier alpha value is -2.13. The summed E-state index contributed by atoms with van der Waals surface area (Å²) in [5, 5.41) is 11.4. The molecule has 8 nitrogen and oxygen atoms in total. The molecule has 0 saturated carbocycles. The minimum absolute atomic E-state index is 0.0162. The molecule has 116 valence electrons. The number of hydrogen-bond acceptors (Lipinski definition) is 5. The van der Waals surface area contributed by atoms with Crippen molar-refractivity contribution in [1.29, 1.82) is 0 Å². The van der Waals surface area contributed by atoms with Gasteiger partial charge < -0.3 is 15.2 Å². The van der Waals surface area contributed by atoms with Gasteiger partial charge in [-0.05, 0) is 18.2 Å². The molecule has 0 aliphatic heterocycles. The largest absolute Gasteiger partial charge is 0.496 e. The molecule has 0 unspecified atom stereocenters. The Morgan fingerprint density at radius 2 is 2.00 bits per heavy atom. The summed E-state index contributed by atoms with van der Waals surface area (Å²) in [6, 6.07) is 3.49. The van der Waals surface area contributed by atoms with Crippen LogP contribution in [0, 0.1) is 0 Å². The Bertz CT molecular complexity index is 641. The summed E-state index contributed by atoms with van der Waals surface area (Å²) < 4.78 is 31.1. The van der Waals surface area contributed by atoms with Crippen molar-refractivity contribution in [2.45, 2.75) is 11.3 Å². The highest BCUT2D eigenvalue weighted by atomic mass is 32.2. The standard InChI is InChI=1S/C12H16N2O6S/c1-13-11(15)5-6-14-21(18,19)8-3-4-10(20-2)9(7-8)12(16)17/h3-4,7,14H,5-6H2,1-2H3,(H,13,15)(H,16,17). The van der Waals surface area contributed by atoms with Gasteiger partial charge in [-0.15, -0.1) is 0 Å². The van der Waals surface area contributed by atoms with E-state index in [2.05, 4.69) is 10.0 Å². The van der Waals surface area contributed by atoms with E-state index in [0.29, 0.717) is 0 Å². The predicted molar refractivity (Wildman–Crippen MR) is 73.8 cm³/mol. The van der Waals surface area contributed by atoms with Gasteiger partial charge in [0.05, 0.1) is 12.0 Å². The molecule has 0 fully saturated rings. The third kappa shape index (κ3) is 4.43. The zero-order valence-electron chi connectivity index (χ0n) is 11.5. The number of amides is 1. The molecule has 0 spiro atoms. The normalized spacial score (nSPS) is 11.0. The SMILES string of the molecule is CNC(=O)CCNS(=O)(=O)c1ccc(OC)c(C(=O)O)c1. The van der Waals surface area contributed by atoms with Crippen LogP contribution >= 0.6 is 0 Å². The first-order valence-electron chi connectivity index (χ1n) is 5.93. The number of ether oxygens (including phenoxy) is 1. The van der Waals surface area contributed by atoms with Gasteiger partial charge in [-0.3, -0.25) is 4.79 Å². The second-order valence-corrected chi connectivity index (χ2v) is 5.76.